The maximum Gasteiger partial charge on any atom is 0.256 e. The summed E-state index contributed by atoms with van der Waals surface area (Å²) in [7, 11) is 1.58. The summed E-state index contributed by atoms with van der Waals surface area (Å²) >= 11 is 0. The number of hydrogen-bond donors (Lipinski definition) is 1. The maximum atomic E-state index is 12.3. The third-order valence-corrected chi connectivity index (χ3v) is 3.13. The van der Waals surface area contributed by atoms with Crippen molar-refractivity contribution in [3.05, 3.63) is 23.8 Å². The average Bonchev–Trinajstić information content (AvgIpc) is 2.39. The lowest BCUT2D eigenvalue weighted by molar-refractivity contribution is 0.0725. The van der Waals surface area contributed by atoms with E-state index in [9.17, 15) is 4.79 Å². The molecule has 0 aromatic heterocycles. The Morgan fingerprint density at radius 1 is 1.29 bits per heavy atom. The van der Waals surface area contributed by atoms with Gasteiger partial charge in [-0.05, 0) is 37.5 Å². The molecule has 0 radical (unpaired) electrons. The van der Waals surface area contributed by atoms with Gasteiger partial charge in [-0.15, -0.1) is 0 Å². The molecule has 1 aliphatic rings. The Balaban J connectivity index is 2.22. The molecule has 1 saturated heterocycles. The van der Waals surface area contributed by atoms with E-state index in [2.05, 4.69) is 0 Å². The molecule has 1 amide bonds. The first kappa shape index (κ1) is 11.8. The number of hydrogen-bond acceptors (Lipinski definition) is 3. The first-order valence-corrected chi connectivity index (χ1v) is 5.95. The predicted molar refractivity (Wildman–Crippen MR) is 67.2 cm³/mol. The number of carbonyl (C=O) groups is 1. The van der Waals surface area contributed by atoms with Gasteiger partial charge in [0.1, 0.15) is 5.75 Å². The number of carbonyl (C=O) groups excluding carboxylic acids is 1. The molecule has 4 heteroatoms. The molecule has 0 saturated carbocycles. The van der Waals surface area contributed by atoms with Crippen LogP contribution in [0, 0.1) is 0 Å². The summed E-state index contributed by atoms with van der Waals surface area (Å²) in [5.74, 6) is 0.681. The Kier molecular flexibility index (Phi) is 3.52. The minimum absolute atomic E-state index is 0.0149. The summed E-state index contributed by atoms with van der Waals surface area (Å²) in [6, 6.07) is 5.20. The first-order chi connectivity index (χ1) is 8.22. The van der Waals surface area contributed by atoms with Gasteiger partial charge in [0.15, 0.2) is 0 Å². The Hall–Kier alpha value is -1.71. The number of piperidine rings is 1. The minimum Gasteiger partial charge on any atom is -0.497 e. The number of benzene rings is 1. The molecule has 1 heterocycles. The molecular formula is C13H18N2O2. The van der Waals surface area contributed by atoms with E-state index in [1.54, 1.807) is 25.3 Å². The standard InChI is InChI=1S/C13H18N2O2/c1-17-10-5-6-12(14)11(9-10)13(16)15-7-3-2-4-8-15/h5-6,9H,2-4,7-8,14H2,1H3. The normalized spacial score (nSPS) is 15.7. The molecule has 1 aromatic carbocycles. The van der Waals surface area contributed by atoms with Crippen molar-refractivity contribution in [2.24, 2.45) is 0 Å². The van der Waals surface area contributed by atoms with E-state index < -0.39 is 0 Å². The second-order valence-corrected chi connectivity index (χ2v) is 4.31. The van der Waals surface area contributed by atoms with Gasteiger partial charge in [-0.3, -0.25) is 4.79 Å². The lowest BCUT2D eigenvalue weighted by Gasteiger charge is -2.27. The summed E-state index contributed by atoms with van der Waals surface area (Å²) in [6.45, 7) is 1.66. The van der Waals surface area contributed by atoms with E-state index in [0.29, 0.717) is 17.0 Å². The molecule has 0 unspecified atom stereocenters. The van der Waals surface area contributed by atoms with E-state index in [4.69, 9.17) is 10.5 Å². The molecule has 0 spiro atoms. The Morgan fingerprint density at radius 2 is 2.00 bits per heavy atom. The molecule has 92 valence electrons. The predicted octanol–water partition coefficient (Wildman–Crippen LogP) is 1.90. The number of nitrogens with zero attached hydrogens (tertiary/aromatic N) is 1. The molecule has 4 nitrogen and oxygen atoms in total. The molecule has 0 atom stereocenters. The molecule has 1 aliphatic heterocycles. The third-order valence-electron chi connectivity index (χ3n) is 3.13. The van der Waals surface area contributed by atoms with Crippen molar-refractivity contribution in [3.8, 4) is 5.75 Å². The van der Waals surface area contributed by atoms with Crippen LogP contribution in [-0.2, 0) is 0 Å². The van der Waals surface area contributed by atoms with Crippen molar-refractivity contribution in [3.63, 3.8) is 0 Å². The van der Waals surface area contributed by atoms with E-state index >= 15 is 0 Å². The van der Waals surface area contributed by atoms with Crippen LogP contribution in [0.25, 0.3) is 0 Å². The first-order valence-electron chi connectivity index (χ1n) is 5.95. The zero-order valence-electron chi connectivity index (χ0n) is 10.1. The summed E-state index contributed by atoms with van der Waals surface area (Å²) in [5.41, 5.74) is 6.91. The van der Waals surface area contributed by atoms with Gasteiger partial charge in [0.25, 0.3) is 5.91 Å². The van der Waals surface area contributed by atoms with Crippen LogP contribution in [0.4, 0.5) is 5.69 Å². The van der Waals surface area contributed by atoms with Crippen LogP contribution >= 0.6 is 0 Å². The Bertz CT molecular complexity index is 412. The van der Waals surface area contributed by atoms with Gasteiger partial charge in [0.2, 0.25) is 0 Å². The fraction of sp³-hybridized carbons (Fsp3) is 0.462. The van der Waals surface area contributed by atoms with Gasteiger partial charge in [-0.1, -0.05) is 0 Å². The summed E-state index contributed by atoms with van der Waals surface area (Å²) < 4.78 is 5.12. The number of nitrogens with two attached hydrogens (primary N) is 1. The fourth-order valence-corrected chi connectivity index (χ4v) is 2.11. The number of likely N-dealkylation sites (tertiary alicyclic amines) is 1. The molecule has 17 heavy (non-hydrogen) atoms. The molecule has 0 aliphatic carbocycles. The third kappa shape index (κ3) is 2.52. The number of ether oxygens (including phenoxy) is 1. The Morgan fingerprint density at radius 3 is 2.65 bits per heavy atom. The lowest BCUT2D eigenvalue weighted by Crippen LogP contribution is -2.35. The second kappa shape index (κ2) is 5.08. The van der Waals surface area contributed by atoms with Crippen LogP contribution in [0.1, 0.15) is 29.6 Å². The molecule has 2 N–H and O–H groups in total. The zero-order valence-corrected chi connectivity index (χ0v) is 10.1. The highest BCUT2D eigenvalue weighted by Crippen LogP contribution is 2.22. The van der Waals surface area contributed by atoms with Crippen molar-refractivity contribution in [2.45, 2.75) is 19.3 Å². The summed E-state index contributed by atoms with van der Waals surface area (Å²) in [4.78, 5) is 14.1. The van der Waals surface area contributed by atoms with Crippen molar-refractivity contribution in [1.82, 2.24) is 4.90 Å². The van der Waals surface area contributed by atoms with Gasteiger partial charge in [0.05, 0.1) is 12.7 Å². The summed E-state index contributed by atoms with van der Waals surface area (Å²) in [5, 5.41) is 0. The van der Waals surface area contributed by atoms with Crippen LogP contribution in [0.15, 0.2) is 18.2 Å². The quantitative estimate of drug-likeness (QED) is 0.795. The van der Waals surface area contributed by atoms with Gasteiger partial charge in [0, 0.05) is 18.8 Å². The van der Waals surface area contributed by atoms with Crippen LogP contribution in [0.5, 0.6) is 5.75 Å². The number of nitrogen functional groups attached to an aromatic ring is 1. The summed E-state index contributed by atoms with van der Waals surface area (Å²) in [6.07, 6.45) is 3.36. The number of methoxy groups -OCH3 is 1. The number of anilines is 1. The van der Waals surface area contributed by atoms with Crippen molar-refractivity contribution in [2.75, 3.05) is 25.9 Å². The average molecular weight is 234 g/mol. The molecule has 1 fully saturated rings. The van der Waals surface area contributed by atoms with Crippen LogP contribution in [0.3, 0.4) is 0 Å². The van der Waals surface area contributed by atoms with Crippen LogP contribution < -0.4 is 10.5 Å². The van der Waals surface area contributed by atoms with Crippen molar-refractivity contribution in [1.29, 1.82) is 0 Å². The number of amides is 1. The topological polar surface area (TPSA) is 55.6 Å². The smallest absolute Gasteiger partial charge is 0.256 e. The van der Waals surface area contributed by atoms with E-state index in [0.717, 1.165) is 25.9 Å². The monoisotopic (exact) mass is 234 g/mol. The highest BCUT2D eigenvalue weighted by Gasteiger charge is 2.20. The van der Waals surface area contributed by atoms with E-state index in [1.807, 2.05) is 4.90 Å². The van der Waals surface area contributed by atoms with Gasteiger partial charge in [-0.25, -0.2) is 0 Å². The molecular weight excluding hydrogens is 216 g/mol. The van der Waals surface area contributed by atoms with Crippen molar-refractivity contribution >= 4 is 11.6 Å². The lowest BCUT2D eigenvalue weighted by atomic mass is 10.1. The highest BCUT2D eigenvalue weighted by molar-refractivity contribution is 5.99. The van der Waals surface area contributed by atoms with E-state index in [-0.39, 0.29) is 5.91 Å². The minimum atomic E-state index is 0.0149. The van der Waals surface area contributed by atoms with Crippen molar-refractivity contribution < 1.29 is 9.53 Å². The molecule has 1 aromatic rings. The fourth-order valence-electron chi connectivity index (χ4n) is 2.11. The van der Waals surface area contributed by atoms with Gasteiger partial charge in [-0.2, -0.15) is 0 Å². The van der Waals surface area contributed by atoms with Gasteiger partial charge < -0.3 is 15.4 Å². The SMILES string of the molecule is COc1ccc(N)c(C(=O)N2CCCCC2)c1. The molecule has 2 rings (SSSR count). The number of rotatable bonds is 2. The molecule has 0 bridgehead atoms. The van der Waals surface area contributed by atoms with Gasteiger partial charge >= 0.3 is 0 Å². The van der Waals surface area contributed by atoms with Crippen LogP contribution in [-0.4, -0.2) is 31.0 Å². The Labute approximate surface area is 101 Å². The van der Waals surface area contributed by atoms with E-state index in [1.165, 1.54) is 6.42 Å². The largest absolute Gasteiger partial charge is 0.497 e. The van der Waals surface area contributed by atoms with Crippen LogP contribution in [0.2, 0.25) is 0 Å². The second-order valence-electron chi connectivity index (χ2n) is 4.31. The highest BCUT2D eigenvalue weighted by atomic mass is 16.5. The maximum absolute atomic E-state index is 12.3. The zero-order chi connectivity index (χ0) is 12.3.